The summed E-state index contributed by atoms with van der Waals surface area (Å²) in [6.45, 7) is 2.41. The summed E-state index contributed by atoms with van der Waals surface area (Å²) in [6.07, 6.45) is 1.99. The summed E-state index contributed by atoms with van der Waals surface area (Å²) in [4.78, 5) is 2.26. The quantitative estimate of drug-likeness (QED) is 0.844. The molecule has 0 saturated heterocycles. The molecule has 3 heteroatoms. The zero-order valence-electron chi connectivity index (χ0n) is 11.8. The van der Waals surface area contributed by atoms with Crippen LogP contribution in [-0.4, -0.2) is 18.0 Å². The van der Waals surface area contributed by atoms with Gasteiger partial charge in [-0.2, -0.15) is 5.26 Å². The predicted molar refractivity (Wildman–Crippen MR) is 80.2 cm³/mol. The topological polar surface area (TPSA) is 27.0 Å². The van der Waals surface area contributed by atoms with E-state index in [1.54, 1.807) is 12.1 Å². The van der Waals surface area contributed by atoms with E-state index in [-0.39, 0.29) is 11.4 Å². The van der Waals surface area contributed by atoms with Crippen molar-refractivity contribution in [3.8, 4) is 6.07 Å². The average molecular weight is 280 g/mol. The van der Waals surface area contributed by atoms with Crippen molar-refractivity contribution in [3.05, 3.63) is 70.5 Å². The summed E-state index contributed by atoms with van der Waals surface area (Å²) in [5.41, 5.74) is 3.53. The molecule has 0 fully saturated rings. The average Bonchev–Trinajstić information content (AvgIpc) is 2.72. The number of fused-ring (bicyclic) bond motifs is 1. The van der Waals surface area contributed by atoms with Crippen LogP contribution in [0.1, 0.15) is 22.3 Å². The van der Waals surface area contributed by atoms with Crippen LogP contribution >= 0.6 is 0 Å². The molecule has 0 amide bonds. The number of benzene rings is 2. The summed E-state index contributed by atoms with van der Waals surface area (Å²) in [5, 5.41) is 8.91. The predicted octanol–water partition coefficient (Wildman–Crippen LogP) is 3.30. The van der Waals surface area contributed by atoms with Gasteiger partial charge in [0.25, 0.3) is 0 Å². The molecular formula is C18H17FN2. The van der Waals surface area contributed by atoms with Gasteiger partial charge in [0.05, 0.1) is 5.56 Å². The lowest BCUT2D eigenvalue weighted by molar-refractivity contribution is 0.275. The Labute approximate surface area is 124 Å². The minimum atomic E-state index is -0.373. The Bertz CT molecular complexity index is 661. The van der Waals surface area contributed by atoms with Crippen molar-refractivity contribution < 1.29 is 4.39 Å². The minimum absolute atomic E-state index is 0.130. The van der Waals surface area contributed by atoms with Gasteiger partial charge >= 0.3 is 0 Å². The van der Waals surface area contributed by atoms with Crippen LogP contribution in [-0.2, 0) is 19.4 Å². The third-order valence-corrected chi connectivity index (χ3v) is 4.11. The van der Waals surface area contributed by atoms with E-state index >= 15 is 0 Å². The number of rotatable bonds is 2. The summed E-state index contributed by atoms with van der Waals surface area (Å²) < 4.78 is 14.1. The molecule has 0 aromatic heterocycles. The Morgan fingerprint density at radius 3 is 2.29 bits per heavy atom. The highest BCUT2D eigenvalue weighted by molar-refractivity contribution is 5.35. The van der Waals surface area contributed by atoms with Crippen molar-refractivity contribution in [3.63, 3.8) is 0 Å². The van der Waals surface area contributed by atoms with Crippen molar-refractivity contribution >= 4 is 0 Å². The highest BCUT2D eigenvalue weighted by Gasteiger charge is 2.16. The number of halogens is 1. The first-order valence-corrected chi connectivity index (χ1v) is 7.24. The molecule has 2 aromatic carbocycles. The van der Waals surface area contributed by atoms with Crippen LogP contribution in [0.25, 0.3) is 0 Å². The number of hydrogen-bond donors (Lipinski definition) is 0. The highest BCUT2D eigenvalue weighted by atomic mass is 19.1. The van der Waals surface area contributed by atoms with Crippen LogP contribution in [0.3, 0.4) is 0 Å². The van der Waals surface area contributed by atoms with Crippen molar-refractivity contribution in [1.82, 2.24) is 4.90 Å². The summed E-state index contributed by atoms with van der Waals surface area (Å²) >= 11 is 0. The van der Waals surface area contributed by atoms with Gasteiger partial charge in [-0.3, -0.25) is 4.90 Å². The summed E-state index contributed by atoms with van der Waals surface area (Å²) in [6, 6.07) is 15.5. The Morgan fingerprint density at radius 2 is 1.67 bits per heavy atom. The maximum absolute atomic E-state index is 14.1. The minimum Gasteiger partial charge on any atom is -0.298 e. The first-order chi connectivity index (χ1) is 10.3. The second-order valence-electron chi connectivity index (χ2n) is 5.44. The number of hydrogen-bond acceptors (Lipinski definition) is 2. The van der Waals surface area contributed by atoms with Crippen molar-refractivity contribution in [2.45, 2.75) is 19.4 Å². The van der Waals surface area contributed by atoms with E-state index in [4.69, 9.17) is 5.26 Å². The molecular weight excluding hydrogens is 263 g/mol. The standard InChI is InChI=1S/C18H17FN2/c19-18-16(12-20)6-3-7-17(18)13-21-10-8-14-4-1-2-5-15(14)9-11-21/h1-7H,8-11,13H2. The van der Waals surface area contributed by atoms with Crippen molar-refractivity contribution in [1.29, 1.82) is 5.26 Å². The van der Waals surface area contributed by atoms with Gasteiger partial charge in [0, 0.05) is 25.2 Å². The molecule has 1 aliphatic heterocycles. The smallest absolute Gasteiger partial charge is 0.145 e. The number of nitriles is 1. The van der Waals surface area contributed by atoms with Crippen LogP contribution in [0, 0.1) is 17.1 Å². The van der Waals surface area contributed by atoms with Crippen LogP contribution in [0.4, 0.5) is 4.39 Å². The first kappa shape index (κ1) is 13.8. The van der Waals surface area contributed by atoms with Gasteiger partial charge in [-0.1, -0.05) is 36.4 Å². The largest absolute Gasteiger partial charge is 0.298 e. The Kier molecular flexibility index (Phi) is 3.98. The fourth-order valence-electron chi connectivity index (χ4n) is 2.90. The molecule has 0 spiro atoms. The van der Waals surface area contributed by atoms with Gasteiger partial charge in [0.1, 0.15) is 11.9 Å². The molecule has 1 aliphatic rings. The molecule has 0 radical (unpaired) electrons. The second kappa shape index (κ2) is 6.07. The van der Waals surface area contributed by atoms with E-state index in [9.17, 15) is 4.39 Å². The second-order valence-corrected chi connectivity index (χ2v) is 5.44. The normalized spacial score (nSPS) is 15.0. The molecule has 2 aromatic rings. The van der Waals surface area contributed by atoms with Gasteiger partial charge in [-0.25, -0.2) is 4.39 Å². The molecule has 21 heavy (non-hydrogen) atoms. The Morgan fingerprint density at radius 1 is 1.00 bits per heavy atom. The van der Waals surface area contributed by atoms with Crippen LogP contribution < -0.4 is 0 Å². The van der Waals surface area contributed by atoms with E-state index in [2.05, 4.69) is 29.2 Å². The molecule has 3 rings (SSSR count). The fourth-order valence-corrected chi connectivity index (χ4v) is 2.90. The monoisotopic (exact) mass is 280 g/mol. The third kappa shape index (κ3) is 2.96. The zero-order valence-corrected chi connectivity index (χ0v) is 11.8. The molecule has 2 nitrogen and oxygen atoms in total. The molecule has 0 N–H and O–H groups in total. The SMILES string of the molecule is N#Cc1cccc(CN2CCc3ccccc3CC2)c1F. The van der Waals surface area contributed by atoms with Gasteiger partial charge < -0.3 is 0 Å². The lowest BCUT2D eigenvalue weighted by Gasteiger charge is -2.20. The Balaban J connectivity index is 1.75. The van der Waals surface area contributed by atoms with E-state index in [1.165, 1.54) is 17.2 Å². The van der Waals surface area contributed by atoms with Gasteiger partial charge in [-0.05, 0) is 30.0 Å². The van der Waals surface area contributed by atoms with Crippen LogP contribution in [0.15, 0.2) is 42.5 Å². The van der Waals surface area contributed by atoms with Crippen LogP contribution in [0.2, 0.25) is 0 Å². The van der Waals surface area contributed by atoms with Crippen molar-refractivity contribution in [2.24, 2.45) is 0 Å². The third-order valence-electron chi connectivity index (χ3n) is 4.11. The van der Waals surface area contributed by atoms with Crippen molar-refractivity contribution in [2.75, 3.05) is 13.1 Å². The number of nitrogens with zero attached hydrogens (tertiary/aromatic N) is 2. The lowest BCUT2D eigenvalue weighted by atomic mass is 10.0. The van der Waals surface area contributed by atoms with Gasteiger partial charge in [-0.15, -0.1) is 0 Å². The molecule has 1 heterocycles. The molecule has 0 saturated carbocycles. The Hall–Kier alpha value is -2.18. The fraction of sp³-hybridized carbons (Fsp3) is 0.278. The van der Waals surface area contributed by atoms with E-state index in [0.717, 1.165) is 25.9 Å². The zero-order chi connectivity index (χ0) is 14.7. The maximum atomic E-state index is 14.1. The first-order valence-electron chi connectivity index (χ1n) is 7.24. The molecule has 0 aliphatic carbocycles. The maximum Gasteiger partial charge on any atom is 0.145 e. The van der Waals surface area contributed by atoms with E-state index < -0.39 is 0 Å². The highest BCUT2D eigenvalue weighted by Crippen LogP contribution is 2.19. The molecule has 106 valence electrons. The van der Waals surface area contributed by atoms with Gasteiger partial charge in [0.15, 0.2) is 0 Å². The van der Waals surface area contributed by atoms with E-state index in [1.807, 2.05) is 6.07 Å². The summed E-state index contributed by atoms with van der Waals surface area (Å²) in [7, 11) is 0. The van der Waals surface area contributed by atoms with E-state index in [0.29, 0.717) is 12.1 Å². The molecule has 0 atom stereocenters. The summed E-state index contributed by atoms with van der Waals surface area (Å²) in [5.74, 6) is -0.373. The van der Waals surface area contributed by atoms with Gasteiger partial charge in [0.2, 0.25) is 0 Å². The molecule has 0 bridgehead atoms. The lowest BCUT2D eigenvalue weighted by Crippen LogP contribution is -2.26. The molecule has 0 unspecified atom stereocenters. The van der Waals surface area contributed by atoms with Crippen LogP contribution in [0.5, 0.6) is 0 Å².